The van der Waals surface area contributed by atoms with Crippen molar-refractivity contribution in [1.82, 2.24) is 15.1 Å². The van der Waals surface area contributed by atoms with Crippen molar-refractivity contribution in [2.24, 2.45) is 11.8 Å². The van der Waals surface area contributed by atoms with Gasteiger partial charge in [-0.2, -0.15) is 0 Å². The number of nitrogens with one attached hydrogen (secondary N) is 1. The van der Waals surface area contributed by atoms with E-state index in [0.29, 0.717) is 12.1 Å². The van der Waals surface area contributed by atoms with E-state index in [1.165, 1.54) is 9.80 Å². The van der Waals surface area contributed by atoms with E-state index in [1.54, 1.807) is 6.20 Å². The molecule has 3 amide bonds. The third-order valence-corrected chi connectivity index (χ3v) is 6.03. The molecule has 0 fully saturated rings. The van der Waals surface area contributed by atoms with Crippen molar-refractivity contribution in [1.29, 1.82) is 0 Å². The molecule has 0 unspecified atom stereocenters. The van der Waals surface area contributed by atoms with Crippen LogP contribution in [0.15, 0.2) is 66.9 Å². The molecule has 0 spiro atoms. The minimum absolute atomic E-state index is 0.141. The van der Waals surface area contributed by atoms with Crippen LogP contribution < -0.4 is 5.32 Å². The summed E-state index contributed by atoms with van der Waals surface area (Å²) in [6, 6.07) is 17.7. The molecule has 0 saturated heterocycles. The fraction of sp³-hybridized carbons (Fsp3) is 0.393. The van der Waals surface area contributed by atoms with Crippen molar-refractivity contribution in [3.05, 3.63) is 78.0 Å². The third kappa shape index (κ3) is 6.36. The van der Waals surface area contributed by atoms with E-state index in [9.17, 15) is 19.5 Å². The Balaban J connectivity index is 1.90. The molecule has 0 radical (unpaired) electrons. The largest absolute Gasteiger partial charge is 0.394 e. The monoisotopic (exact) mass is 477 g/mol. The molecular formula is C28H35N3O4. The van der Waals surface area contributed by atoms with Crippen molar-refractivity contribution in [2.45, 2.75) is 46.2 Å². The minimum atomic E-state index is -0.705. The number of hydrogen-bond donors (Lipinski definition) is 2. The standard InChI is InChI=1S/C28H35N3O4/c1-19(2)26-28(35)30(17-25(33)29-23(18-32)15-21-11-7-5-8-12-21)24(22-13-9-6-10-14-22)16-31(26)27(34)20(3)4/h5-14,16,19-20,23,26,32H,15,17-18H2,1-4H3,(H,29,33)/t23-,26+/m0/s1. The Morgan fingerprint density at radius 1 is 0.971 bits per heavy atom. The number of hydrogen-bond acceptors (Lipinski definition) is 4. The van der Waals surface area contributed by atoms with Gasteiger partial charge in [-0.15, -0.1) is 0 Å². The summed E-state index contributed by atoms with van der Waals surface area (Å²) >= 11 is 0. The number of aliphatic hydroxyl groups is 1. The van der Waals surface area contributed by atoms with E-state index in [0.717, 1.165) is 11.1 Å². The fourth-order valence-corrected chi connectivity index (χ4v) is 4.26. The quantitative estimate of drug-likeness (QED) is 0.581. The number of rotatable bonds is 9. The Morgan fingerprint density at radius 3 is 2.11 bits per heavy atom. The zero-order chi connectivity index (χ0) is 25.5. The van der Waals surface area contributed by atoms with E-state index in [-0.39, 0.29) is 42.7 Å². The van der Waals surface area contributed by atoms with Crippen LogP contribution in [0.2, 0.25) is 0 Å². The third-order valence-electron chi connectivity index (χ3n) is 6.03. The van der Waals surface area contributed by atoms with Crippen LogP contribution in [0.25, 0.3) is 5.70 Å². The zero-order valence-electron chi connectivity index (χ0n) is 20.8. The van der Waals surface area contributed by atoms with Gasteiger partial charge < -0.3 is 15.3 Å². The van der Waals surface area contributed by atoms with Gasteiger partial charge >= 0.3 is 0 Å². The van der Waals surface area contributed by atoms with E-state index >= 15 is 0 Å². The van der Waals surface area contributed by atoms with Crippen LogP contribution in [-0.2, 0) is 20.8 Å². The highest BCUT2D eigenvalue weighted by molar-refractivity contribution is 6.00. The second-order valence-electron chi connectivity index (χ2n) is 9.53. The lowest BCUT2D eigenvalue weighted by Gasteiger charge is -2.41. The van der Waals surface area contributed by atoms with Gasteiger partial charge in [-0.3, -0.25) is 19.3 Å². The fourth-order valence-electron chi connectivity index (χ4n) is 4.26. The molecule has 186 valence electrons. The van der Waals surface area contributed by atoms with Crippen LogP contribution in [0, 0.1) is 11.8 Å². The van der Waals surface area contributed by atoms with Gasteiger partial charge in [-0.25, -0.2) is 0 Å². The molecule has 2 aromatic rings. The molecule has 2 aromatic carbocycles. The highest BCUT2D eigenvalue weighted by Gasteiger charge is 2.41. The lowest BCUT2D eigenvalue weighted by Crippen LogP contribution is -2.57. The normalized spacial score (nSPS) is 16.9. The lowest BCUT2D eigenvalue weighted by atomic mass is 9.95. The maximum absolute atomic E-state index is 13.7. The molecule has 0 saturated carbocycles. The Kier molecular flexibility index (Phi) is 8.82. The topological polar surface area (TPSA) is 90.0 Å². The van der Waals surface area contributed by atoms with Crippen LogP contribution in [-0.4, -0.2) is 57.9 Å². The summed E-state index contributed by atoms with van der Waals surface area (Å²) in [5.74, 6) is -1.24. The summed E-state index contributed by atoms with van der Waals surface area (Å²) < 4.78 is 0. The Morgan fingerprint density at radius 2 is 1.57 bits per heavy atom. The summed E-state index contributed by atoms with van der Waals surface area (Å²) in [4.78, 5) is 42.8. The maximum atomic E-state index is 13.7. The maximum Gasteiger partial charge on any atom is 0.250 e. The summed E-state index contributed by atoms with van der Waals surface area (Å²) in [7, 11) is 0. The molecule has 3 rings (SSSR count). The summed E-state index contributed by atoms with van der Waals surface area (Å²) in [6.45, 7) is 6.97. The molecule has 7 heteroatoms. The Labute approximate surface area is 207 Å². The van der Waals surface area contributed by atoms with Gasteiger partial charge in [0.25, 0.3) is 5.91 Å². The summed E-state index contributed by atoms with van der Waals surface area (Å²) in [6.07, 6.45) is 2.17. The second kappa shape index (κ2) is 11.8. The summed E-state index contributed by atoms with van der Waals surface area (Å²) in [5.41, 5.74) is 2.23. The molecule has 35 heavy (non-hydrogen) atoms. The molecule has 0 aliphatic carbocycles. The van der Waals surface area contributed by atoms with Gasteiger partial charge in [0, 0.05) is 12.1 Å². The van der Waals surface area contributed by atoms with Crippen LogP contribution in [0.5, 0.6) is 0 Å². The number of aliphatic hydroxyl groups excluding tert-OH is 1. The number of benzene rings is 2. The number of nitrogens with zero attached hydrogens (tertiary/aromatic N) is 2. The minimum Gasteiger partial charge on any atom is -0.394 e. The first kappa shape index (κ1) is 26.2. The highest BCUT2D eigenvalue weighted by atomic mass is 16.3. The average molecular weight is 478 g/mol. The van der Waals surface area contributed by atoms with Crippen molar-refractivity contribution in [3.8, 4) is 0 Å². The molecule has 0 bridgehead atoms. The first-order valence-electron chi connectivity index (χ1n) is 12.1. The van der Waals surface area contributed by atoms with E-state index in [4.69, 9.17) is 0 Å². The first-order chi connectivity index (χ1) is 16.7. The van der Waals surface area contributed by atoms with Gasteiger partial charge in [-0.1, -0.05) is 88.4 Å². The molecular weight excluding hydrogens is 442 g/mol. The molecule has 1 heterocycles. The Bertz CT molecular complexity index is 1050. The first-order valence-corrected chi connectivity index (χ1v) is 12.1. The smallest absolute Gasteiger partial charge is 0.250 e. The SMILES string of the molecule is CC(C)C(=O)N1C=C(c2ccccc2)N(CC(=O)N[C@H](CO)Cc2ccccc2)C(=O)[C@H]1C(C)C. The number of carbonyl (C=O) groups excluding carboxylic acids is 3. The highest BCUT2D eigenvalue weighted by Crippen LogP contribution is 2.30. The molecule has 2 atom stereocenters. The molecule has 1 aliphatic rings. The number of carbonyl (C=O) groups is 3. The molecule has 2 N–H and O–H groups in total. The predicted octanol–water partition coefficient (Wildman–Crippen LogP) is 3.06. The summed E-state index contributed by atoms with van der Waals surface area (Å²) in [5, 5.41) is 12.7. The van der Waals surface area contributed by atoms with Crippen LogP contribution in [0.3, 0.4) is 0 Å². The van der Waals surface area contributed by atoms with Crippen molar-refractivity contribution in [2.75, 3.05) is 13.2 Å². The van der Waals surface area contributed by atoms with Crippen LogP contribution >= 0.6 is 0 Å². The molecule has 7 nitrogen and oxygen atoms in total. The zero-order valence-corrected chi connectivity index (χ0v) is 20.8. The van der Waals surface area contributed by atoms with Gasteiger partial charge in [0.1, 0.15) is 12.6 Å². The van der Waals surface area contributed by atoms with Crippen molar-refractivity contribution in [3.63, 3.8) is 0 Å². The average Bonchev–Trinajstić information content (AvgIpc) is 2.84. The van der Waals surface area contributed by atoms with E-state index < -0.39 is 12.1 Å². The van der Waals surface area contributed by atoms with Crippen LogP contribution in [0.4, 0.5) is 0 Å². The van der Waals surface area contributed by atoms with Gasteiger partial charge in [-0.05, 0) is 23.5 Å². The molecule has 1 aliphatic heterocycles. The number of amides is 3. The van der Waals surface area contributed by atoms with Crippen LogP contribution in [0.1, 0.15) is 38.8 Å². The predicted molar refractivity (Wildman–Crippen MR) is 136 cm³/mol. The van der Waals surface area contributed by atoms with Gasteiger partial charge in [0.05, 0.1) is 18.3 Å². The van der Waals surface area contributed by atoms with Crippen molar-refractivity contribution < 1.29 is 19.5 Å². The van der Waals surface area contributed by atoms with E-state index in [1.807, 2.05) is 88.4 Å². The van der Waals surface area contributed by atoms with E-state index in [2.05, 4.69) is 5.32 Å². The lowest BCUT2D eigenvalue weighted by molar-refractivity contribution is -0.147. The Hall–Kier alpha value is -3.45. The van der Waals surface area contributed by atoms with Crippen molar-refractivity contribution >= 4 is 23.4 Å². The van der Waals surface area contributed by atoms with Gasteiger partial charge in [0.15, 0.2) is 0 Å². The van der Waals surface area contributed by atoms with Gasteiger partial charge in [0.2, 0.25) is 11.8 Å². The second-order valence-corrected chi connectivity index (χ2v) is 9.53. The molecule has 0 aromatic heterocycles.